The van der Waals surface area contributed by atoms with Crippen LogP contribution in [0.15, 0.2) is 199 Å². The predicted octanol–water partition coefficient (Wildman–Crippen LogP) is 12.9. The maximum Gasteiger partial charge on any atom is 0.164 e. The first-order valence-corrected chi connectivity index (χ1v) is 19.6. The maximum atomic E-state index is 6.64. The summed E-state index contributed by atoms with van der Waals surface area (Å²) < 4.78 is 11.2. The summed E-state index contributed by atoms with van der Waals surface area (Å²) in [5.41, 5.74) is 11.7. The summed E-state index contributed by atoms with van der Waals surface area (Å²) in [7, 11) is 0. The van der Waals surface area contributed by atoms with Crippen LogP contribution in [0.2, 0.25) is 0 Å². The Morgan fingerprint density at radius 2 is 0.898 bits per heavy atom. The Morgan fingerprint density at radius 3 is 1.59 bits per heavy atom. The lowest BCUT2D eigenvalue weighted by Gasteiger charge is -2.11. The van der Waals surface area contributed by atoms with E-state index in [1.165, 1.54) is 0 Å². The smallest absolute Gasteiger partial charge is 0.164 e. The number of rotatable bonds is 6. The lowest BCUT2D eigenvalue weighted by molar-refractivity contribution is 0.669. The molecule has 0 fully saturated rings. The van der Waals surface area contributed by atoms with Crippen LogP contribution in [0.1, 0.15) is 0 Å². The second-order valence-electron chi connectivity index (χ2n) is 14.7. The Balaban J connectivity index is 1.09. The van der Waals surface area contributed by atoms with Crippen molar-refractivity contribution in [3.8, 4) is 56.9 Å². The normalized spacial score (nSPS) is 11.7. The van der Waals surface area contributed by atoms with Gasteiger partial charge < -0.3 is 8.98 Å². The quantitative estimate of drug-likeness (QED) is 0.169. The molecular formula is C52H32N6O. The molecule has 0 aliphatic rings. The van der Waals surface area contributed by atoms with E-state index in [9.17, 15) is 0 Å². The van der Waals surface area contributed by atoms with Crippen molar-refractivity contribution >= 4 is 54.8 Å². The third-order valence-corrected chi connectivity index (χ3v) is 11.2. The number of aromatic nitrogens is 6. The Morgan fingerprint density at radius 1 is 0.322 bits per heavy atom. The van der Waals surface area contributed by atoms with Crippen LogP contribution in [0.5, 0.6) is 0 Å². The van der Waals surface area contributed by atoms with Gasteiger partial charge in [-0.05, 0) is 66.7 Å². The fourth-order valence-electron chi connectivity index (χ4n) is 8.42. The van der Waals surface area contributed by atoms with Gasteiger partial charge in [0.1, 0.15) is 17.0 Å². The van der Waals surface area contributed by atoms with Crippen molar-refractivity contribution in [2.75, 3.05) is 0 Å². The highest BCUT2D eigenvalue weighted by Gasteiger charge is 2.21. The molecule has 0 aliphatic heterocycles. The molecule has 0 radical (unpaired) electrons. The lowest BCUT2D eigenvalue weighted by atomic mass is 10.1. The molecule has 0 atom stereocenters. The fourth-order valence-corrected chi connectivity index (χ4v) is 8.42. The molecule has 0 N–H and O–H groups in total. The van der Waals surface area contributed by atoms with E-state index in [4.69, 9.17) is 24.4 Å². The van der Waals surface area contributed by atoms with Crippen molar-refractivity contribution in [3.63, 3.8) is 0 Å². The molecule has 7 nitrogen and oxygen atoms in total. The van der Waals surface area contributed by atoms with E-state index in [1.54, 1.807) is 0 Å². The number of para-hydroxylation sites is 3. The number of hydrogen-bond acceptors (Lipinski definition) is 5. The van der Waals surface area contributed by atoms with Gasteiger partial charge in [0.05, 0.1) is 22.1 Å². The van der Waals surface area contributed by atoms with Crippen molar-refractivity contribution < 1.29 is 4.42 Å². The van der Waals surface area contributed by atoms with Crippen molar-refractivity contribution in [3.05, 3.63) is 194 Å². The third kappa shape index (κ3) is 5.44. The summed E-state index contributed by atoms with van der Waals surface area (Å²) in [4.78, 5) is 20.1. The van der Waals surface area contributed by atoms with Gasteiger partial charge in [0.15, 0.2) is 17.5 Å². The summed E-state index contributed by atoms with van der Waals surface area (Å²) in [6.07, 6.45) is 0. The van der Waals surface area contributed by atoms with Crippen molar-refractivity contribution in [2.24, 2.45) is 0 Å². The lowest BCUT2D eigenvalue weighted by Crippen LogP contribution is -2.00. The average Bonchev–Trinajstić information content (AvgIpc) is 3.98. The van der Waals surface area contributed by atoms with Crippen LogP contribution < -0.4 is 0 Å². The van der Waals surface area contributed by atoms with Gasteiger partial charge in [0.25, 0.3) is 0 Å². The van der Waals surface area contributed by atoms with E-state index < -0.39 is 0 Å². The van der Waals surface area contributed by atoms with Crippen LogP contribution in [0, 0.1) is 0 Å². The molecule has 0 spiro atoms. The van der Waals surface area contributed by atoms with Gasteiger partial charge in [-0.1, -0.05) is 121 Å². The number of fused-ring (bicyclic) bond motifs is 7. The van der Waals surface area contributed by atoms with Crippen molar-refractivity contribution in [1.82, 2.24) is 29.1 Å². The first kappa shape index (κ1) is 33.0. The maximum absolute atomic E-state index is 6.64. The molecule has 0 saturated heterocycles. The molecular weight excluding hydrogens is 725 g/mol. The van der Waals surface area contributed by atoms with E-state index in [0.717, 1.165) is 94.2 Å². The SMILES string of the molecule is c1ccc(-c2nc(-c3ccccc3)nc(-c3ccc4oc5cc6c(cc5c4c3)c3cc(-n4c(-c5ccccc5)nc5ccccc54)ccc3n6-c3ccccc3)n2)cc1. The van der Waals surface area contributed by atoms with Crippen LogP contribution in [0.3, 0.4) is 0 Å². The molecule has 0 amide bonds. The summed E-state index contributed by atoms with van der Waals surface area (Å²) in [5.74, 6) is 2.75. The van der Waals surface area contributed by atoms with E-state index >= 15 is 0 Å². The molecule has 59 heavy (non-hydrogen) atoms. The molecule has 0 saturated carbocycles. The minimum Gasteiger partial charge on any atom is -0.456 e. The molecule has 8 aromatic carbocycles. The number of nitrogens with zero attached hydrogens (tertiary/aromatic N) is 6. The molecule has 4 heterocycles. The second kappa shape index (κ2) is 13.2. The van der Waals surface area contributed by atoms with Crippen LogP contribution in [-0.2, 0) is 0 Å². The second-order valence-corrected chi connectivity index (χ2v) is 14.7. The topological polar surface area (TPSA) is 74.6 Å². The van der Waals surface area contributed by atoms with Gasteiger partial charge in [-0.2, -0.15) is 0 Å². The first-order valence-electron chi connectivity index (χ1n) is 19.6. The highest BCUT2D eigenvalue weighted by Crippen LogP contribution is 2.41. The van der Waals surface area contributed by atoms with Gasteiger partial charge in [-0.15, -0.1) is 0 Å². The largest absolute Gasteiger partial charge is 0.456 e. The summed E-state index contributed by atoms with van der Waals surface area (Å²) in [5, 5.41) is 4.26. The zero-order valence-electron chi connectivity index (χ0n) is 31.6. The van der Waals surface area contributed by atoms with Gasteiger partial charge in [0, 0.05) is 61.2 Å². The molecule has 7 heteroatoms. The van der Waals surface area contributed by atoms with E-state index in [-0.39, 0.29) is 0 Å². The number of imidazole rings is 1. The van der Waals surface area contributed by atoms with Gasteiger partial charge in [-0.3, -0.25) is 4.57 Å². The summed E-state index contributed by atoms with van der Waals surface area (Å²) >= 11 is 0. The van der Waals surface area contributed by atoms with Gasteiger partial charge in [0.2, 0.25) is 0 Å². The van der Waals surface area contributed by atoms with Gasteiger partial charge in [-0.25, -0.2) is 19.9 Å². The first-order chi connectivity index (χ1) is 29.2. The Bertz CT molecular complexity index is 3480. The Labute approximate surface area is 338 Å². The average molecular weight is 757 g/mol. The molecule has 12 rings (SSSR count). The highest BCUT2D eigenvalue weighted by molar-refractivity contribution is 6.18. The number of furan rings is 1. The van der Waals surface area contributed by atoms with Crippen molar-refractivity contribution in [2.45, 2.75) is 0 Å². The predicted molar refractivity (Wildman–Crippen MR) is 238 cm³/mol. The summed E-state index contributed by atoms with van der Waals surface area (Å²) in [6, 6.07) is 66.8. The van der Waals surface area contributed by atoms with Crippen LogP contribution in [0.25, 0.3) is 112 Å². The zero-order chi connectivity index (χ0) is 38.9. The molecule has 276 valence electrons. The van der Waals surface area contributed by atoms with Crippen LogP contribution in [0.4, 0.5) is 0 Å². The fraction of sp³-hybridized carbons (Fsp3) is 0. The molecule has 4 aromatic heterocycles. The third-order valence-electron chi connectivity index (χ3n) is 11.2. The molecule has 12 aromatic rings. The Hall–Kier alpha value is -8.16. The van der Waals surface area contributed by atoms with Crippen LogP contribution in [-0.4, -0.2) is 29.1 Å². The monoisotopic (exact) mass is 756 g/mol. The Kier molecular flexibility index (Phi) is 7.40. The minimum atomic E-state index is 0.599. The van der Waals surface area contributed by atoms with E-state index in [2.05, 4.69) is 118 Å². The number of benzene rings is 8. The standard InChI is InChI=1S/C52H32N6O/c1-5-15-33(16-6-1)49-54-50(34-17-7-2-8-18-34)56-51(55-49)36-25-28-47-41(29-36)42-31-40-39-30-38(58-45-24-14-13-23-43(45)53-52(58)35-19-9-3-10-20-35)26-27-44(39)57(37-21-11-4-12-22-37)46(40)32-48(42)59-47/h1-32H. The number of hydrogen-bond donors (Lipinski definition) is 0. The molecule has 0 unspecified atom stereocenters. The van der Waals surface area contributed by atoms with Crippen molar-refractivity contribution in [1.29, 1.82) is 0 Å². The zero-order valence-corrected chi connectivity index (χ0v) is 31.6. The van der Waals surface area contributed by atoms with E-state index in [0.29, 0.717) is 17.5 Å². The molecule has 0 aliphatic carbocycles. The minimum absolute atomic E-state index is 0.599. The van der Waals surface area contributed by atoms with Gasteiger partial charge >= 0.3 is 0 Å². The summed E-state index contributed by atoms with van der Waals surface area (Å²) in [6.45, 7) is 0. The molecule has 0 bridgehead atoms. The van der Waals surface area contributed by atoms with E-state index in [1.807, 2.05) is 84.9 Å². The highest BCUT2D eigenvalue weighted by atomic mass is 16.3. The van der Waals surface area contributed by atoms with Crippen LogP contribution >= 0.6 is 0 Å².